The predicted molar refractivity (Wildman–Crippen MR) is 89.8 cm³/mol. The predicted octanol–water partition coefficient (Wildman–Crippen LogP) is 2.21. The molecule has 2 atom stereocenters. The minimum absolute atomic E-state index is 0.291. The molecule has 3 aliphatic rings. The molecule has 0 radical (unpaired) electrons. The molecule has 25 heavy (non-hydrogen) atoms. The molecule has 4 nitrogen and oxygen atoms in total. The average Bonchev–Trinajstić information content (AvgIpc) is 2.60. The molecule has 0 heterocycles. The van der Waals surface area contributed by atoms with Gasteiger partial charge in [-0.05, 0) is 36.1 Å². The quantitative estimate of drug-likeness (QED) is 0.807. The average molecular weight is 335 g/mol. The van der Waals surface area contributed by atoms with Crippen LogP contribution < -0.4 is 5.11 Å². The molecule has 5 rings (SSSR count). The molecule has 0 aliphatic heterocycles. The van der Waals surface area contributed by atoms with Crippen LogP contribution in [0.15, 0.2) is 48.5 Å². The van der Waals surface area contributed by atoms with Crippen molar-refractivity contribution in [2.24, 2.45) is 11.8 Å². The summed E-state index contributed by atoms with van der Waals surface area (Å²) >= 11 is 0. The lowest BCUT2D eigenvalue weighted by Crippen LogP contribution is -2.51. The van der Waals surface area contributed by atoms with Gasteiger partial charge in [0.15, 0.2) is 0 Å². The summed E-state index contributed by atoms with van der Waals surface area (Å²) in [7, 11) is 0. The largest absolute Gasteiger partial charge is 0.550 e. The van der Waals surface area contributed by atoms with Gasteiger partial charge in [0.05, 0.1) is 12.0 Å². The van der Waals surface area contributed by atoms with Crippen LogP contribution in [0, 0.1) is 11.8 Å². The maximum absolute atomic E-state index is 12.8. The number of rotatable bonds is 3. The number of carbonyl (C=O) groups excluding carboxylic acids is 2. The summed E-state index contributed by atoms with van der Waals surface area (Å²) in [6.07, 6.45) is -0.291. The van der Waals surface area contributed by atoms with Gasteiger partial charge in [0.25, 0.3) is 0 Å². The highest BCUT2D eigenvalue weighted by Gasteiger charge is 2.53. The number of carboxylic acid groups (broad SMARTS) is 1. The summed E-state index contributed by atoms with van der Waals surface area (Å²) in [4.78, 5) is 24.9. The Morgan fingerprint density at radius 1 is 0.840 bits per heavy atom. The van der Waals surface area contributed by atoms with E-state index < -0.39 is 23.8 Å². The third-order valence-electron chi connectivity index (χ3n) is 5.33. The Kier molecular flexibility index (Phi) is 3.64. The first-order valence-electron chi connectivity index (χ1n) is 8.59. The number of fused-ring (bicyclic) bond motifs is 1. The number of carboxylic acids is 1. The zero-order valence-corrected chi connectivity index (χ0v) is 14.1. The van der Waals surface area contributed by atoms with Crippen LogP contribution in [-0.4, -0.2) is 18.0 Å². The fourth-order valence-electron chi connectivity index (χ4n) is 4.55. The molecule has 0 saturated carbocycles. The summed E-state index contributed by atoms with van der Waals surface area (Å²) in [5.74, 6) is -4.02. The molecule has 0 fully saturated rings. The van der Waals surface area contributed by atoms with Gasteiger partial charge in [0, 0.05) is 23.7 Å². The van der Waals surface area contributed by atoms with Crippen LogP contribution in [0.5, 0.6) is 0 Å². The summed E-state index contributed by atoms with van der Waals surface area (Å²) in [6, 6.07) is 15.6. The Bertz CT molecular complexity index is 807. The Hall–Kier alpha value is -2.62. The number of benzene rings is 2. The number of carbonyl (C=O) groups is 2. The van der Waals surface area contributed by atoms with Crippen molar-refractivity contribution in [2.45, 2.75) is 31.8 Å². The monoisotopic (exact) mass is 335 g/mol. The van der Waals surface area contributed by atoms with E-state index in [4.69, 9.17) is 4.74 Å². The molecule has 2 aromatic carbocycles. The fraction of sp³-hybridized carbons (Fsp3) is 0.333. The number of ether oxygens (including phenoxy) is 1. The van der Waals surface area contributed by atoms with Gasteiger partial charge >= 0.3 is 5.97 Å². The SMILES string of the molecule is CC(C)OC(=O)[C@@H]1C2c3ccccc3C(c3ccccc32)[C@@H]1C(=O)[O-]. The molecule has 0 amide bonds. The van der Waals surface area contributed by atoms with E-state index in [9.17, 15) is 14.7 Å². The van der Waals surface area contributed by atoms with Gasteiger partial charge in [-0.2, -0.15) is 0 Å². The highest BCUT2D eigenvalue weighted by Crippen LogP contribution is 2.58. The lowest BCUT2D eigenvalue weighted by Gasteiger charge is -2.50. The first-order valence-corrected chi connectivity index (χ1v) is 8.59. The van der Waals surface area contributed by atoms with E-state index in [2.05, 4.69) is 0 Å². The van der Waals surface area contributed by atoms with Crippen molar-refractivity contribution in [3.05, 3.63) is 70.8 Å². The molecule has 0 spiro atoms. The lowest BCUT2D eigenvalue weighted by molar-refractivity contribution is -0.314. The van der Waals surface area contributed by atoms with Crippen molar-refractivity contribution in [1.29, 1.82) is 0 Å². The molecule has 0 saturated heterocycles. The zero-order chi connectivity index (χ0) is 17.7. The van der Waals surface area contributed by atoms with E-state index >= 15 is 0 Å². The third kappa shape index (κ3) is 2.28. The van der Waals surface area contributed by atoms with Crippen LogP contribution in [0.1, 0.15) is 47.9 Å². The van der Waals surface area contributed by atoms with Crippen LogP contribution in [0.3, 0.4) is 0 Å². The van der Waals surface area contributed by atoms with E-state index in [1.165, 1.54) is 0 Å². The normalized spacial score (nSPS) is 26.0. The minimum Gasteiger partial charge on any atom is -0.550 e. The second kappa shape index (κ2) is 5.73. The van der Waals surface area contributed by atoms with Crippen molar-refractivity contribution in [3.8, 4) is 0 Å². The van der Waals surface area contributed by atoms with E-state index in [0.717, 1.165) is 22.3 Å². The van der Waals surface area contributed by atoms with Crippen LogP contribution in [0.4, 0.5) is 0 Å². The van der Waals surface area contributed by atoms with Gasteiger partial charge in [-0.15, -0.1) is 0 Å². The Morgan fingerprint density at radius 2 is 1.24 bits per heavy atom. The Morgan fingerprint density at radius 3 is 1.60 bits per heavy atom. The van der Waals surface area contributed by atoms with Crippen molar-refractivity contribution in [3.63, 3.8) is 0 Å². The molecule has 0 aromatic heterocycles. The second-order valence-electron chi connectivity index (χ2n) is 7.07. The topological polar surface area (TPSA) is 66.4 Å². The van der Waals surface area contributed by atoms with E-state index in [1.54, 1.807) is 13.8 Å². The van der Waals surface area contributed by atoms with E-state index in [1.807, 2.05) is 48.5 Å². The smallest absolute Gasteiger partial charge is 0.310 e. The maximum Gasteiger partial charge on any atom is 0.310 e. The Labute approximate surface area is 146 Å². The van der Waals surface area contributed by atoms with Gasteiger partial charge < -0.3 is 14.6 Å². The van der Waals surface area contributed by atoms with Gasteiger partial charge in [-0.25, -0.2) is 0 Å². The standard InChI is InChI=1S/C21H20O4/c1-11(2)25-21(24)19-17-14-9-5-3-7-12(14)16(18(19)20(22)23)13-8-4-6-10-15(13)17/h3-11,16-19H,1-2H3,(H,22,23)/p-1/t16?,17?,18-,19+/m0/s1. The van der Waals surface area contributed by atoms with Crippen molar-refractivity contribution in [2.75, 3.05) is 0 Å². The van der Waals surface area contributed by atoms with Crippen LogP contribution in [-0.2, 0) is 14.3 Å². The molecule has 2 aromatic rings. The summed E-state index contributed by atoms with van der Waals surface area (Å²) in [5.41, 5.74) is 4.01. The van der Waals surface area contributed by atoms with Crippen LogP contribution >= 0.6 is 0 Å². The number of hydrogen-bond donors (Lipinski definition) is 0. The highest BCUT2D eigenvalue weighted by atomic mass is 16.5. The van der Waals surface area contributed by atoms with Gasteiger partial charge in [0.2, 0.25) is 0 Å². The van der Waals surface area contributed by atoms with Crippen LogP contribution in [0.25, 0.3) is 0 Å². The summed E-state index contributed by atoms with van der Waals surface area (Å²) in [5, 5.41) is 12.0. The molecule has 128 valence electrons. The molecular weight excluding hydrogens is 316 g/mol. The highest BCUT2D eigenvalue weighted by molar-refractivity contribution is 5.86. The number of esters is 1. The number of hydrogen-bond acceptors (Lipinski definition) is 4. The molecule has 4 heteroatoms. The summed E-state index contributed by atoms with van der Waals surface area (Å²) < 4.78 is 5.42. The van der Waals surface area contributed by atoms with E-state index in [-0.39, 0.29) is 17.9 Å². The first kappa shape index (κ1) is 15.9. The third-order valence-corrected chi connectivity index (χ3v) is 5.33. The van der Waals surface area contributed by atoms with Gasteiger partial charge in [-0.3, -0.25) is 4.79 Å². The molecule has 0 unspecified atom stereocenters. The first-order chi connectivity index (χ1) is 12.0. The van der Waals surface area contributed by atoms with Crippen molar-refractivity contribution >= 4 is 11.9 Å². The van der Waals surface area contributed by atoms with Gasteiger partial charge in [0.1, 0.15) is 0 Å². The number of aliphatic carboxylic acids is 1. The maximum atomic E-state index is 12.8. The minimum atomic E-state index is -1.19. The van der Waals surface area contributed by atoms with E-state index in [0.29, 0.717) is 0 Å². The second-order valence-corrected chi connectivity index (χ2v) is 7.07. The molecule has 0 N–H and O–H groups in total. The molecule has 2 bridgehead atoms. The zero-order valence-electron chi connectivity index (χ0n) is 14.1. The van der Waals surface area contributed by atoms with Crippen molar-refractivity contribution in [1.82, 2.24) is 0 Å². The molecule has 3 aliphatic carbocycles. The summed E-state index contributed by atoms with van der Waals surface area (Å²) in [6.45, 7) is 3.55. The van der Waals surface area contributed by atoms with Crippen molar-refractivity contribution < 1.29 is 19.4 Å². The lowest BCUT2D eigenvalue weighted by atomic mass is 9.54. The van der Waals surface area contributed by atoms with Gasteiger partial charge in [-0.1, -0.05) is 48.5 Å². The molecular formula is C21H19O4-. The fourth-order valence-corrected chi connectivity index (χ4v) is 4.55. The Balaban J connectivity index is 1.95. The van der Waals surface area contributed by atoms with Crippen LogP contribution in [0.2, 0.25) is 0 Å².